The Labute approximate surface area is 136 Å². The van der Waals surface area contributed by atoms with E-state index in [2.05, 4.69) is 22.9 Å². The minimum atomic E-state index is -0.253. The lowest BCUT2D eigenvalue weighted by Crippen LogP contribution is -2.31. The Hall–Kier alpha value is -1.07. The first kappa shape index (κ1) is 14.9. The van der Waals surface area contributed by atoms with Crippen LogP contribution in [0.15, 0.2) is 46.6 Å². The SMILES string of the molecule is CC1CC(Br)=CC=C1N1C(=O)CSC1c1ccc(F)cc1. The van der Waals surface area contributed by atoms with Crippen LogP contribution in [0.3, 0.4) is 0 Å². The number of rotatable bonds is 2. The number of carbonyl (C=O) groups excluding carboxylic acids is 1. The second-order valence-corrected chi connectivity index (χ2v) is 7.38. The molecule has 2 nitrogen and oxygen atoms in total. The Morgan fingerprint density at radius 2 is 2.00 bits per heavy atom. The van der Waals surface area contributed by atoms with E-state index in [-0.39, 0.29) is 23.0 Å². The molecule has 0 bridgehead atoms. The van der Waals surface area contributed by atoms with E-state index in [0.29, 0.717) is 5.75 Å². The first-order valence-electron chi connectivity index (χ1n) is 6.81. The van der Waals surface area contributed by atoms with E-state index in [1.54, 1.807) is 23.9 Å². The number of halogens is 2. The highest BCUT2D eigenvalue weighted by Gasteiger charge is 2.37. The maximum Gasteiger partial charge on any atom is 0.238 e. The zero-order valence-electron chi connectivity index (χ0n) is 11.6. The van der Waals surface area contributed by atoms with Gasteiger partial charge in [-0.15, -0.1) is 11.8 Å². The molecule has 1 amide bonds. The fourth-order valence-corrected chi connectivity index (χ4v) is 4.50. The molecule has 1 fully saturated rings. The molecule has 1 saturated heterocycles. The van der Waals surface area contributed by atoms with Crippen molar-refractivity contribution < 1.29 is 9.18 Å². The second kappa shape index (κ2) is 5.97. The Kier molecular flexibility index (Phi) is 4.22. The first-order chi connectivity index (χ1) is 10.1. The van der Waals surface area contributed by atoms with Gasteiger partial charge in [0, 0.05) is 11.6 Å². The normalized spacial score (nSPS) is 25.9. The van der Waals surface area contributed by atoms with Crippen molar-refractivity contribution in [3.05, 3.63) is 58.0 Å². The third-order valence-corrected chi connectivity index (χ3v) is 5.54. The molecule has 0 N–H and O–H groups in total. The number of hydrogen-bond acceptors (Lipinski definition) is 2. The van der Waals surface area contributed by atoms with Gasteiger partial charge in [0.05, 0.1) is 5.75 Å². The van der Waals surface area contributed by atoms with Gasteiger partial charge in [-0.05, 0) is 34.7 Å². The van der Waals surface area contributed by atoms with Crippen molar-refractivity contribution in [2.45, 2.75) is 18.7 Å². The van der Waals surface area contributed by atoms with Gasteiger partial charge in [0.1, 0.15) is 11.2 Å². The summed E-state index contributed by atoms with van der Waals surface area (Å²) in [6.45, 7) is 2.12. The molecule has 1 heterocycles. The van der Waals surface area contributed by atoms with Crippen LogP contribution in [0, 0.1) is 11.7 Å². The molecule has 1 aromatic rings. The standard InChI is InChI=1S/C16H15BrFNOS/c1-10-8-12(17)4-7-14(10)19-15(20)9-21-16(19)11-2-5-13(18)6-3-11/h2-7,10,16H,8-9H2,1H3. The second-order valence-electron chi connectivity index (χ2n) is 5.29. The molecule has 0 spiro atoms. The Morgan fingerprint density at radius 1 is 1.29 bits per heavy atom. The van der Waals surface area contributed by atoms with Gasteiger partial charge < -0.3 is 0 Å². The van der Waals surface area contributed by atoms with Crippen molar-refractivity contribution in [2.24, 2.45) is 5.92 Å². The van der Waals surface area contributed by atoms with Crippen molar-refractivity contribution >= 4 is 33.6 Å². The topological polar surface area (TPSA) is 20.3 Å². The summed E-state index contributed by atoms with van der Waals surface area (Å²) < 4.78 is 14.2. The average molecular weight is 368 g/mol. The quantitative estimate of drug-likeness (QED) is 0.760. The summed E-state index contributed by atoms with van der Waals surface area (Å²) in [4.78, 5) is 14.2. The number of thioether (sulfide) groups is 1. The van der Waals surface area contributed by atoms with E-state index in [1.807, 2.05) is 17.1 Å². The van der Waals surface area contributed by atoms with Crippen LogP contribution in [0.25, 0.3) is 0 Å². The third-order valence-electron chi connectivity index (χ3n) is 3.74. The fourth-order valence-electron chi connectivity index (χ4n) is 2.70. The number of allylic oxidation sites excluding steroid dienone is 4. The molecule has 21 heavy (non-hydrogen) atoms. The molecule has 1 aromatic carbocycles. The van der Waals surface area contributed by atoms with Crippen molar-refractivity contribution in [3.63, 3.8) is 0 Å². The molecular weight excluding hydrogens is 353 g/mol. The van der Waals surface area contributed by atoms with Gasteiger partial charge >= 0.3 is 0 Å². The molecule has 1 aliphatic carbocycles. The van der Waals surface area contributed by atoms with Crippen LogP contribution in [0.4, 0.5) is 4.39 Å². The van der Waals surface area contributed by atoms with E-state index in [9.17, 15) is 9.18 Å². The van der Waals surface area contributed by atoms with Crippen LogP contribution < -0.4 is 0 Å². The molecule has 2 aliphatic rings. The number of nitrogens with zero attached hydrogens (tertiary/aromatic N) is 1. The first-order valence-corrected chi connectivity index (χ1v) is 8.66. The summed E-state index contributed by atoms with van der Waals surface area (Å²) in [7, 11) is 0. The predicted molar refractivity (Wildman–Crippen MR) is 87.3 cm³/mol. The van der Waals surface area contributed by atoms with Crippen LogP contribution in [0.2, 0.25) is 0 Å². The highest BCUT2D eigenvalue weighted by molar-refractivity contribution is 9.11. The predicted octanol–water partition coefficient (Wildman–Crippen LogP) is 4.60. The van der Waals surface area contributed by atoms with Crippen LogP contribution in [0.5, 0.6) is 0 Å². The molecule has 5 heteroatoms. The summed E-state index contributed by atoms with van der Waals surface area (Å²) in [5.74, 6) is 0.627. The zero-order chi connectivity index (χ0) is 15.0. The van der Waals surface area contributed by atoms with Gasteiger partial charge in [-0.3, -0.25) is 9.69 Å². The molecule has 0 aromatic heterocycles. The maximum absolute atomic E-state index is 13.1. The molecule has 2 unspecified atom stereocenters. The van der Waals surface area contributed by atoms with Gasteiger partial charge in [-0.2, -0.15) is 0 Å². The van der Waals surface area contributed by atoms with E-state index < -0.39 is 0 Å². The van der Waals surface area contributed by atoms with E-state index in [1.165, 1.54) is 12.1 Å². The highest BCUT2D eigenvalue weighted by Crippen LogP contribution is 2.44. The van der Waals surface area contributed by atoms with Crippen molar-refractivity contribution in [1.82, 2.24) is 4.90 Å². The molecular formula is C16H15BrFNOS. The Morgan fingerprint density at radius 3 is 2.67 bits per heavy atom. The minimum absolute atomic E-state index is 0.0583. The Balaban J connectivity index is 1.95. The van der Waals surface area contributed by atoms with Gasteiger partial charge in [-0.1, -0.05) is 41.1 Å². The number of amides is 1. The van der Waals surface area contributed by atoms with Crippen molar-refractivity contribution in [2.75, 3.05) is 5.75 Å². The minimum Gasteiger partial charge on any atom is -0.299 e. The molecule has 3 rings (SSSR count). The molecule has 0 saturated carbocycles. The summed E-state index contributed by atoms with van der Waals surface area (Å²) >= 11 is 5.11. The average Bonchev–Trinajstić information content (AvgIpc) is 2.82. The van der Waals surface area contributed by atoms with Crippen molar-refractivity contribution in [1.29, 1.82) is 0 Å². The van der Waals surface area contributed by atoms with Crippen LogP contribution in [0.1, 0.15) is 24.3 Å². The maximum atomic E-state index is 13.1. The number of hydrogen-bond donors (Lipinski definition) is 0. The van der Waals surface area contributed by atoms with Crippen molar-refractivity contribution in [3.8, 4) is 0 Å². The largest absolute Gasteiger partial charge is 0.299 e. The zero-order valence-corrected chi connectivity index (χ0v) is 14.0. The lowest BCUT2D eigenvalue weighted by Gasteiger charge is -2.32. The monoisotopic (exact) mass is 367 g/mol. The number of carbonyl (C=O) groups is 1. The Bertz CT molecular complexity index is 626. The molecule has 1 aliphatic heterocycles. The smallest absolute Gasteiger partial charge is 0.238 e. The molecule has 110 valence electrons. The van der Waals surface area contributed by atoms with Crippen LogP contribution in [-0.4, -0.2) is 16.6 Å². The van der Waals surface area contributed by atoms with Gasteiger partial charge in [0.2, 0.25) is 5.91 Å². The third kappa shape index (κ3) is 2.94. The highest BCUT2D eigenvalue weighted by atomic mass is 79.9. The van der Waals surface area contributed by atoms with E-state index >= 15 is 0 Å². The lowest BCUT2D eigenvalue weighted by molar-refractivity contribution is -0.126. The lowest BCUT2D eigenvalue weighted by atomic mass is 9.97. The van der Waals surface area contributed by atoms with E-state index in [0.717, 1.165) is 22.2 Å². The summed E-state index contributed by atoms with van der Waals surface area (Å²) in [6, 6.07) is 6.43. The van der Waals surface area contributed by atoms with Gasteiger partial charge in [-0.25, -0.2) is 4.39 Å². The van der Waals surface area contributed by atoms with E-state index in [4.69, 9.17) is 0 Å². The summed E-state index contributed by atoms with van der Waals surface area (Å²) in [5, 5.41) is -0.0583. The van der Waals surface area contributed by atoms with Crippen LogP contribution >= 0.6 is 27.7 Å². The fraction of sp³-hybridized carbons (Fsp3) is 0.312. The van der Waals surface area contributed by atoms with Gasteiger partial charge in [0.25, 0.3) is 0 Å². The van der Waals surface area contributed by atoms with Crippen LogP contribution in [-0.2, 0) is 4.79 Å². The summed E-state index contributed by atoms with van der Waals surface area (Å²) in [6.07, 6.45) is 4.92. The summed E-state index contributed by atoms with van der Waals surface area (Å²) in [5.41, 5.74) is 2.01. The molecule has 2 atom stereocenters. The van der Waals surface area contributed by atoms with Gasteiger partial charge in [0.15, 0.2) is 0 Å². The number of benzene rings is 1. The molecule has 0 radical (unpaired) electrons.